The molecule has 0 fully saturated rings. The highest BCUT2D eigenvalue weighted by molar-refractivity contribution is 7.80. The molecule has 98 valence electrons. The lowest BCUT2D eigenvalue weighted by Crippen LogP contribution is -2.41. The summed E-state index contributed by atoms with van der Waals surface area (Å²) in [5.41, 5.74) is 1.27. The third-order valence-electron chi connectivity index (χ3n) is 2.34. The average Bonchev–Trinajstić information content (AvgIpc) is 2.22. The number of nitrogens with one attached hydrogen (secondary N) is 2. The molecular weight excluding hydrogens is 268 g/mol. The number of rotatable bonds is 1. The molecule has 1 aromatic carbocycles. The van der Waals surface area contributed by atoms with Crippen molar-refractivity contribution in [3.05, 3.63) is 28.8 Å². The lowest BCUT2D eigenvalue weighted by molar-refractivity contribution is -0.126. The Labute approximate surface area is 118 Å². The molecule has 0 aliphatic carbocycles. The van der Waals surface area contributed by atoms with Crippen molar-refractivity contribution in [2.75, 3.05) is 5.32 Å². The molecule has 0 spiro atoms. The third kappa shape index (κ3) is 4.27. The lowest BCUT2D eigenvalue weighted by Gasteiger charge is -2.18. The van der Waals surface area contributed by atoms with Crippen molar-refractivity contribution in [3.8, 4) is 0 Å². The molecule has 0 radical (unpaired) electrons. The van der Waals surface area contributed by atoms with Crippen LogP contribution in [0.5, 0.6) is 0 Å². The van der Waals surface area contributed by atoms with E-state index in [1.807, 2.05) is 39.8 Å². The van der Waals surface area contributed by atoms with Crippen molar-refractivity contribution in [2.24, 2.45) is 5.41 Å². The van der Waals surface area contributed by atoms with Gasteiger partial charge in [0.1, 0.15) is 0 Å². The van der Waals surface area contributed by atoms with E-state index in [0.29, 0.717) is 5.02 Å². The molecule has 2 N–H and O–H groups in total. The number of halogens is 1. The van der Waals surface area contributed by atoms with E-state index in [9.17, 15) is 4.79 Å². The van der Waals surface area contributed by atoms with Gasteiger partial charge in [-0.3, -0.25) is 4.79 Å². The molecule has 0 aliphatic rings. The van der Waals surface area contributed by atoms with Crippen LogP contribution in [0.3, 0.4) is 0 Å². The maximum Gasteiger partial charge on any atom is 0.231 e. The normalized spacial score (nSPS) is 10.9. The molecule has 0 unspecified atom stereocenters. The Hall–Kier alpha value is -1.13. The van der Waals surface area contributed by atoms with Gasteiger partial charge in [-0.1, -0.05) is 38.4 Å². The summed E-state index contributed by atoms with van der Waals surface area (Å²) in [5, 5.41) is 6.50. The molecule has 0 aromatic heterocycles. The highest BCUT2D eigenvalue weighted by Gasteiger charge is 2.21. The van der Waals surface area contributed by atoms with Crippen molar-refractivity contribution in [1.29, 1.82) is 0 Å². The average molecular weight is 285 g/mol. The fourth-order valence-electron chi connectivity index (χ4n) is 1.12. The monoisotopic (exact) mass is 284 g/mol. The van der Waals surface area contributed by atoms with Gasteiger partial charge in [0, 0.05) is 16.1 Å². The van der Waals surface area contributed by atoms with Crippen LogP contribution in [0.4, 0.5) is 5.69 Å². The number of aryl methyl sites for hydroxylation is 1. The van der Waals surface area contributed by atoms with Gasteiger partial charge in [0.25, 0.3) is 0 Å². The van der Waals surface area contributed by atoms with Crippen LogP contribution in [0.25, 0.3) is 0 Å². The van der Waals surface area contributed by atoms with E-state index in [1.54, 1.807) is 6.07 Å². The fourth-order valence-corrected chi connectivity index (χ4v) is 1.51. The lowest BCUT2D eigenvalue weighted by atomic mass is 9.96. The topological polar surface area (TPSA) is 41.1 Å². The summed E-state index contributed by atoms with van der Waals surface area (Å²) in [6, 6.07) is 5.52. The number of anilines is 1. The SMILES string of the molecule is Cc1ccc(NC(=S)NC(=O)C(C)(C)C)cc1Cl. The Morgan fingerprint density at radius 1 is 1.33 bits per heavy atom. The molecule has 3 nitrogen and oxygen atoms in total. The van der Waals surface area contributed by atoms with Gasteiger partial charge in [-0.25, -0.2) is 0 Å². The minimum absolute atomic E-state index is 0.127. The number of carbonyl (C=O) groups excluding carboxylic acids is 1. The van der Waals surface area contributed by atoms with E-state index in [1.165, 1.54) is 0 Å². The van der Waals surface area contributed by atoms with Gasteiger partial charge in [0.05, 0.1) is 0 Å². The van der Waals surface area contributed by atoms with Crippen molar-refractivity contribution >= 4 is 40.5 Å². The van der Waals surface area contributed by atoms with E-state index in [-0.39, 0.29) is 11.0 Å². The summed E-state index contributed by atoms with van der Waals surface area (Å²) in [6.07, 6.45) is 0. The number of benzene rings is 1. The Balaban J connectivity index is 2.65. The van der Waals surface area contributed by atoms with Crippen molar-refractivity contribution < 1.29 is 4.79 Å². The van der Waals surface area contributed by atoms with Crippen LogP contribution in [0.15, 0.2) is 18.2 Å². The predicted molar refractivity (Wildman–Crippen MR) is 80.0 cm³/mol. The van der Waals surface area contributed by atoms with E-state index in [0.717, 1.165) is 11.3 Å². The van der Waals surface area contributed by atoms with Gasteiger partial charge in [-0.2, -0.15) is 0 Å². The van der Waals surface area contributed by atoms with E-state index in [4.69, 9.17) is 23.8 Å². The van der Waals surface area contributed by atoms with Crippen LogP contribution in [0.1, 0.15) is 26.3 Å². The van der Waals surface area contributed by atoms with Crippen molar-refractivity contribution in [1.82, 2.24) is 5.32 Å². The molecule has 0 saturated heterocycles. The zero-order chi connectivity index (χ0) is 13.9. The van der Waals surface area contributed by atoms with Gasteiger partial charge < -0.3 is 10.6 Å². The van der Waals surface area contributed by atoms with Crippen LogP contribution in [0.2, 0.25) is 5.02 Å². The van der Waals surface area contributed by atoms with Crippen LogP contribution in [-0.4, -0.2) is 11.0 Å². The second kappa shape index (κ2) is 5.67. The third-order valence-corrected chi connectivity index (χ3v) is 2.95. The molecule has 1 amide bonds. The maximum absolute atomic E-state index is 11.7. The molecule has 1 aromatic rings. The number of hydrogen-bond donors (Lipinski definition) is 2. The molecule has 0 atom stereocenters. The summed E-state index contributed by atoms with van der Waals surface area (Å²) >= 11 is 11.1. The zero-order valence-electron chi connectivity index (χ0n) is 10.9. The van der Waals surface area contributed by atoms with Gasteiger partial charge in [-0.15, -0.1) is 0 Å². The van der Waals surface area contributed by atoms with E-state index < -0.39 is 5.41 Å². The Bertz CT molecular complexity index is 480. The largest absolute Gasteiger partial charge is 0.332 e. The first-order valence-electron chi connectivity index (χ1n) is 5.59. The van der Waals surface area contributed by atoms with E-state index in [2.05, 4.69) is 10.6 Å². The van der Waals surface area contributed by atoms with Gasteiger partial charge >= 0.3 is 0 Å². The van der Waals surface area contributed by atoms with Crippen LogP contribution in [0, 0.1) is 12.3 Å². The predicted octanol–water partition coefficient (Wildman–Crippen LogP) is 3.51. The Morgan fingerprint density at radius 2 is 1.94 bits per heavy atom. The van der Waals surface area contributed by atoms with Crippen LogP contribution < -0.4 is 10.6 Å². The molecule has 18 heavy (non-hydrogen) atoms. The molecular formula is C13H17ClN2OS. The highest BCUT2D eigenvalue weighted by atomic mass is 35.5. The van der Waals surface area contributed by atoms with Gasteiger partial charge in [-0.05, 0) is 36.8 Å². The minimum Gasteiger partial charge on any atom is -0.332 e. The molecule has 1 rings (SSSR count). The van der Waals surface area contributed by atoms with Crippen molar-refractivity contribution in [2.45, 2.75) is 27.7 Å². The van der Waals surface area contributed by atoms with Crippen LogP contribution in [-0.2, 0) is 4.79 Å². The second-order valence-corrected chi connectivity index (χ2v) is 5.94. The molecule has 0 saturated carbocycles. The van der Waals surface area contributed by atoms with Gasteiger partial charge in [0.2, 0.25) is 5.91 Å². The summed E-state index contributed by atoms with van der Waals surface area (Å²) in [7, 11) is 0. The first kappa shape index (κ1) is 14.9. The number of carbonyl (C=O) groups is 1. The smallest absolute Gasteiger partial charge is 0.231 e. The molecule has 0 bridgehead atoms. The van der Waals surface area contributed by atoms with E-state index >= 15 is 0 Å². The Kier molecular flexibility index (Phi) is 4.71. The molecule has 0 aliphatic heterocycles. The number of thiocarbonyl (C=S) groups is 1. The first-order valence-corrected chi connectivity index (χ1v) is 6.37. The standard InChI is InChI=1S/C13H17ClN2OS/c1-8-5-6-9(7-10(8)14)15-12(18)16-11(17)13(2,3)4/h5-7H,1-4H3,(H2,15,16,17,18). The number of hydrogen-bond acceptors (Lipinski definition) is 2. The summed E-state index contributed by atoms with van der Waals surface area (Å²) in [5.74, 6) is -0.127. The maximum atomic E-state index is 11.7. The quantitative estimate of drug-likeness (QED) is 0.776. The number of amides is 1. The van der Waals surface area contributed by atoms with Crippen molar-refractivity contribution in [3.63, 3.8) is 0 Å². The molecule has 5 heteroatoms. The summed E-state index contributed by atoms with van der Waals surface area (Å²) < 4.78 is 0. The molecule has 0 heterocycles. The second-order valence-electron chi connectivity index (χ2n) is 5.12. The zero-order valence-corrected chi connectivity index (χ0v) is 12.5. The first-order chi connectivity index (χ1) is 8.20. The summed E-state index contributed by atoms with van der Waals surface area (Å²) in [4.78, 5) is 11.7. The summed E-state index contributed by atoms with van der Waals surface area (Å²) in [6.45, 7) is 7.40. The fraction of sp³-hybridized carbons (Fsp3) is 0.385. The highest BCUT2D eigenvalue weighted by Crippen LogP contribution is 2.20. The minimum atomic E-state index is -0.476. The Morgan fingerprint density at radius 3 is 2.44 bits per heavy atom. The van der Waals surface area contributed by atoms with Crippen LogP contribution >= 0.6 is 23.8 Å². The van der Waals surface area contributed by atoms with Gasteiger partial charge in [0.15, 0.2) is 5.11 Å².